The summed E-state index contributed by atoms with van der Waals surface area (Å²) in [5.41, 5.74) is 1.10. The molecule has 0 aliphatic heterocycles. The topological polar surface area (TPSA) is 81.2 Å². The van der Waals surface area contributed by atoms with E-state index in [-0.39, 0.29) is 24.2 Å². The van der Waals surface area contributed by atoms with Gasteiger partial charge < -0.3 is 10.1 Å². The van der Waals surface area contributed by atoms with Crippen LogP contribution in [0.3, 0.4) is 0 Å². The summed E-state index contributed by atoms with van der Waals surface area (Å²) < 4.78 is 4.98. The SMILES string of the molecule is CC(C)C[C@@H](NC(=O)COC(=O)c1cnccn1)c1ccccc1. The first-order chi connectivity index (χ1) is 11.6. The van der Waals surface area contributed by atoms with Crippen molar-refractivity contribution in [2.75, 3.05) is 6.61 Å². The molecule has 0 saturated carbocycles. The van der Waals surface area contributed by atoms with Gasteiger partial charge in [-0.15, -0.1) is 0 Å². The molecule has 2 rings (SSSR count). The smallest absolute Gasteiger partial charge is 0.359 e. The quantitative estimate of drug-likeness (QED) is 0.790. The third-order valence-corrected chi connectivity index (χ3v) is 3.35. The minimum absolute atomic E-state index is 0.0760. The molecule has 0 radical (unpaired) electrons. The van der Waals surface area contributed by atoms with Crippen LogP contribution in [-0.2, 0) is 9.53 Å². The number of ether oxygens (including phenoxy) is 1. The van der Waals surface area contributed by atoms with Gasteiger partial charge in [0.15, 0.2) is 12.3 Å². The normalized spacial score (nSPS) is 11.8. The van der Waals surface area contributed by atoms with E-state index >= 15 is 0 Å². The van der Waals surface area contributed by atoms with E-state index in [9.17, 15) is 9.59 Å². The summed E-state index contributed by atoms with van der Waals surface area (Å²) in [6, 6.07) is 9.62. The second kappa shape index (κ2) is 8.76. The third-order valence-electron chi connectivity index (χ3n) is 3.35. The maximum atomic E-state index is 12.1. The average Bonchev–Trinajstić information content (AvgIpc) is 2.60. The van der Waals surface area contributed by atoms with Gasteiger partial charge in [0, 0.05) is 12.4 Å². The number of carbonyl (C=O) groups is 2. The lowest BCUT2D eigenvalue weighted by atomic mass is 9.97. The first kappa shape index (κ1) is 17.6. The van der Waals surface area contributed by atoms with Crippen molar-refractivity contribution in [2.45, 2.75) is 26.3 Å². The molecule has 0 bridgehead atoms. The van der Waals surface area contributed by atoms with Crippen molar-refractivity contribution in [1.29, 1.82) is 0 Å². The van der Waals surface area contributed by atoms with Gasteiger partial charge in [-0.1, -0.05) is 44.2 Å². The molecule has 1 aromatic heterocycles. The van der Waals surface area contributed by atoms with Crippen molar-refractivity contribution in [1.82, 2.24) is 15.3 Å². The number of rotatable bonds is 7. The summed E-state index contributed by atoms with van der Waals surface area (Å²) >= 11 is 0. The van der Waals surface area contributed by atoms with Crippen LogP contribution in [0, 0.1) is 5.92 Å². The number of aromatic nitrogens is 2. The number of benzene rings is 1. The fraction of sp³-hybridized carbons (Fsp3) is 0.333. The Morgan fingerprint density at radius 3 is 2.54 bits per heavy atom. The molecule has 0 spiro atoms. The first-order valence-electron chi connectivity index (χ1n) is 7.83. The Hall–Kier alpha value is -2.76. The molecule has 0 aliphatic rings. The van der Waals surface area contributed by atoms with Gasteiger partial charge in [0.1, 0.15) is 0 Å². The van der Waals surface area contributed by atoms with Gasteiger partial charge in [0.2, 0.25) is 0 Å². The van der Waals surface area contributed by atoms with E-state index in [1.165, 1.54) is 18.6 Å². The molecule has 1 heterocycles. The lowest BCUT2D eigenvalue weighted by Gasteiger charge is -2.21. The van der Waals surface area contributed by atoms with Crippen LogP contribution in [-0.4, -0.2) is 28.5 Å². The summed E-state index contributed by atoms with van der Waals surface area (Å²) in [5.74, 6) is -0.599. The van der Waals surface area contributed by atoms with Crippen molar-refractivity contribution in [3.8, 4) is 0 Å². The van der Waals surface area contributed by atoms with Crippen molar-refractivity contribution in [3.63, 3.8) is 0 Å². The Morgan fingerprint density at radius 1 is 1.17 bits per heavy atom. The van der Waals surface area contributed by atoms with Gasteiger partial charge in [-0.25, -0.2) is 9.78 Å². The molecule has 1 N–H and O–H groups in total. The summed E-state index contributed by atoms with van der Waals surface area (Å²) in [4.78, 5) is 31.5. The second-order valence-corrected chi connectivity index (χ2v) is 5.83. The maximum Gasteiger partial charge on any atom is 0.359 e. The van der Waals surface area contributed by atoms with E-state index in [2.05, 4.69) is 29.1 Å². The van der Waals surface area contributed by atoms with Gasteiger partial charge in [-0.3, -0.25) is 9.78 Å². The molecule has 1 amide bonds. The largest absolute Gasteiger partial charge is 0.451 e. The van der Waals surface area contributed by atoms with Crippen molar-refractivity contribution < 1.29 is 14.3 Å². The van der Waals surface area contributed by atoms with E-state index in [0.717, 1.165) is 12.0 Å². The van der Waals surface area contributed by atoms with E-state index in [1.54, 1.807) is 0 Å². The van der Waals surface area contributed by atoms with Crippen molar-refractivity contribution in [2.24, 2.45) is 5.92 Å². The molecule has 6 nitrogen and oxygen atoms in total. The number of carbonyl (C=O) groups excluding carboxylic acids is 2. The van der Waals surface area contributed by atoms with Crippen LogP contribution in [0.1, 0.15) is 42.4 Å². The van der Waals surface area contributed by atoms with E-state index < -0.39 is 5.97 Å². The molecular formula is C18H21N3O3. The highest BCUT2D eigenvalue weighted by molar-refractivity contribution is 5.89. The zero-order valence-corrected chi connectivity index (χ0v) is 13.8. The summed E-state index contributed by atoms with van der Waals surface area (Å²) in [7, 11) is 0. The highest BCUT2D eigenvalue weighted by Gasteiger charge is 2.17. The molecule has 2 aromatic rings. The number of hydrogen-bond donors (Lipinski definition) is 1. The first-order valence-corrected chi connectivity index (χ1v) is 7.83. The molecule has 1 aromatic carbocycles. The highest BCUT2D eigenvalue weighted by Crippen LogP contribution is 2.20. The van der Waals surface area contributed by atoms with Crippen LogP contribution in [0.4, 0.5) is 0 Å². The molecular weight excluding hydrogens is 306 g/mol. The van der Waals surface area contributed by atoms with Crippen molar-refractivity contribution >= 4 is 11.9 Å². The van der Waals surface area contributed by atoms with E-state index in [1.807, 2.05) is 30.3 Å². The van der Waals surface area contributed by atoms with Gasteiger partial charge in [0.05, 0.1) is 12.2 Å². The van der Waals surface area contributed by atoms with E-state index in [0.29, 0.717) is 5.92 Å². The number of nitrogens with zero attached hydrogens (tertiary/aromatic N) is 2. The lowest BCUT2D eigenvalue weighted by Crippen LogP contribution is -2.33. The van der Waals surface area contributed by atoms with Crippen molar-refractivity contribution in [3.05, 3.63) is 60.2 Å². The fourth-order valence-electron chi connectivity index (χ4n) is 2.28. The highest BCUT2D eigenvalue weighted by atomic mass is 16.5. The minimum Gasteiger partial charge on any atom is -0.451 e. The number of nitrogens with one attached hydrogen (secondary N) is 1. The average molecular weight is 327 g/mol. The Kier molecular flexibility index (Phi) is 6.42. The lowest BCUT2D eigenvalue weighted by molar-refractivity contribution is -0.125. The summed E-state index contributed by atoms with van der Waals surface area (Å²) in [6.07, 6.45) is 4.95. The molecule has 0 saturated heterocycles. The van der Waals surface area contributed by atoms with Crippen LogP contribution in [0.25, 0.3) is 0 Å². The van der Waals surface area contributed by atoms with Crippen LogP contribution in [0.5, 0.6) is 0 Å². The van der Waals surface area contributed by atoms with E-state index in [4.69, 9.17) is 4.74 Å². The predicted octanol–water partition coefficient (Wildman–Crippen LogP) is 2.54. The number of hydrogen-bond acceptors (Lipinski definition) is 5. The number of esters is 1. The standard InChI is InChI=1S/C18H21N3O3/c1-13(2)10-15(14-6-4-3-5-7-14)21-17(22)12-24-18(23)16-11-19-8-9-20-16/h3-9,11,13,15H,10,12H2,1-2H3,(H,21,22)/t15-/m1/s1. The molecule has 0 fully saturated rings. The third kappa shape index (κ3) is 5.46. The molecule has 126 valence electrons. The van der Waals surface area contributed by atoms with Gasteiger partial charge in [0.25, 0.3) is 5.91 Å². The maximum absolute atomic E-state index is 12.1. The predicted molar refractivity (Wildman–Crippen MR) is 89.1 cm³/mol. The molecule has 1 atom stereocenters. The van der Waals surface area contributed by atoms with Gasteiger partial charge in [-0.2, -0.15) is 0 Å². The Morgan fingerprint density at radius 2 is 1.92 bits per heavy atom. The Labute approximate surface area is 141 Å². The monoisotopic (exact) mass is 327 g/mol. The summed E-state index contributed by atoms with van der Waals surface area (Å²) in [5, 5.41) is 2.92. The second-order valence-electron chi connectivity index (χ2n) is 5.83. The Bertz CT molecular complexity index is 660. The van der Waals surface area contributed by atoms with Crippen LogP contribution in [0.15, 0.2) is 48.9 Å². The van der Waals surface area contributed by atoms with Gasteiger partial charge in [-0.05, 0) is 17.9 Å². The van der Waals surface area contributed by atoms with Crippen LogP contribution in [0.2, 0.25) is 0 Å². The Balaban J connectivity index is 1.92. The molecule has 0 unspecified atom stereocenters. The molecule has 0 aliphatic carbocycles. The zero-order chi connectivity index (χ0) is 17.4. The molecule has 24 heavy (non-hydrogen) atoms. The minimum atomic E-state index is -0.668. The summed E-state index contributed by atoms with van der Waals surface area (Å²) in [6.45, 7) is 3.84. The van der Waals surface area contributed by atoms with Crippen LogP contribution >= 0.6 is 0 Å². The van der Waals surface area contributed by atoms with Crippen LogP contribution < -0.4 is 5.32 Å². The fourth-order valence-corrected chi connectivity index (χ4v) is 2.28. The molecule has 6 heteroatoms. The number of amides is 1. The van der Waals surface area contributed by atoms with Gasteiger partial charge >= 0.3 is 5.97 Å². The zero-order valence-electron chi connectivity index (χ0n) is 13.8.